The third-order valence-corrected chi connectivity index (χ3v) is 4.04. The second-order valence-electron chi connectivity index (χ2n) is 6.57. The molecule has 4 aromatic rings. The minimum absolute atomic E-state index is 0.0552. The molecule has 0 spiro atoms. The Kier molecular flexibility index (Phi) is 4.78. The minimum atomic E-state index is -0.298. The number of aromatic nitrogens is 4. The highest BCUT2D eigenvalue weighted by atomic mass is 16.5. The van der Waals surface area contributed by atoms with Gasteiger partial charge in [0.05, 0.1) is 11.5 Å². The third-order valence-electron chi connectivity index (χ3n) is 4.04. The first-order valence-corrected chi connectivity index (χ1v) is 8.89. The predicted octanol–water partition coefficient (Wildman–Crippen LogP) is 3.01. The zero-order valence-corrected chi connectivity index (χ0v) is 15.7. The zero-order valence-electron chi connectivity index (χ0n) is 15.7. The highest BCUT2D eigenvalue weighted by Gasteiger charge is 2.12. The van der Waals surface area contributed by atoms with Gasteiger partial charge in [0.25, 0.3) is 5.91 Å². The minimum Gasteiger partial charge on any atom is -0.491 e. The molecule has 0 fully saturated rings. The second kappa shape index (κ2) is 7.55. The molecule has 0 bridgehead atoms. The molecule has 2 N–H and O–H groups in total. The van der Waals surface area contributed by atoms with E-state index in [4.69, 9.17) is 9.15 Å². The number of nitrogens with zero attached hydrogens (tertiary/aromatic N) is 3. The molecule has 9 heteroatoms. The zero-order chi connectivity index (χ0) is 20.4. The van der Waals surface area contributed by atoms with E-state index in [1.54, 1.807) is 42.5 Å². The Morgan fingerprint density at radius 3 is 2.62 bits per heavy atom. The molecular weight excluding hydrogens is 374 g/mol. The molecule has 4 rings (SSSR count). The number of hydrogen-bond donors (Lipinski definition) is 2. The average molecular weight is 391 g/mol. The highest BCUT2D eigenvalue weighted by molar-refractivity contribution is 6.05. The molecule has 0 saturated carbocycles. The third kappa shape index (κ3) is 3.98. The van der Waals surface area contributed by atoms with Crippen molar-refractivity contribution in [2.45, 2.75) is 20.0 Å². The molecule has 0 aliphatic heterocycles. The largest absolute Gasteiger partial charge is 0.491 e. The molecule has 1 amide bonds. The standard InChI is InChI=1S/C20H17N5O4/c1-11(2)28-14-6-3-12(4-7-14)20(27)21-13-5-8-17-15(9-13)16(26)10-18(29-17)19-22-24-25-23-19/h3-11H,1-2H3,(H,21,27)(H,22,23,24,25). The Hall–Kier alpha value is -4.01. The van der Waals surface area contributed by atoms with Gasteiger partial charge in [0.1, 0.15) is 11.3 Å². The van der Waals surface area contributed by atoms with Gasteiger partial charge in [-0.1, -0.05) is 0 Å². The van der Waals surface area contributed by atoms with Gasteiger partial charge in [-0.25, -0.2) is 0 Å². The maximum absolute atomic E-state index is 12.5. The Morgan fingerprint density at radius 2 is 1.93 bits per heavy atom. The molecule has 9 nitrogen and oxygen atoms in total. The van der Waals surface area contributed by atoms with E-state index in [1.807, 2.05) is 13.8 Å². The number of rotatable bonds is 5. The summed E-state index contributed by atoms with van der Waals surface area (Å²) in [5, 5.41) is 16.5. The maximum Gasteiger partial charge on any atom is 0.255 e. The number of ether oxygens (including phenoxy) is 1. The Balaban J connectivity index is 1.56. The van der Waals surface area contributed by atoms with Crippen molar-refractivity contribution in [2.24, 2.45) is 0 Å². The number of benzene rings is 2. The molecule has 0 radical (unpaired) electrons. The molecule has 0 aliphatic rings. The fraction of sp³-hybridized carbons (Fsp3) is 0.150. The molecule has 29 heavy (non-hydrogen) atoms. The lowest BCUT2D eigenvalue weighted by molar-refractivity contribution is 0.102. The number of carbonyl (C=O) groups is 1. The smallest absolute Gasteiger partial charge is 0.255 e. The fourth-order valence-electron chi connectivity index (χ4n) is 2.77. The molecule has 0 unspecified atom stereocenters. The lowest BCUT2D eigenvalue weighted by atomic mass is 10.1. The van der Waals surface area contributed by atoms with E-state index in [1.165, 1.54) is 6.07 Å². The van der Waals surface area contributed by atoms with Crippen molar-refractivity contribution in [1.29, 1.82) is 0 Å². The summed E-state index contributed by atoms with van der Waals surface area (Å²) in [4.78, 5) is 25.0. The molecule has 146 valence electrons. The van der Waals surface area contributed by atoms with Crippen LogP contribution in [0.25, 0.3) is 22.6 Å². The van der Waals surface area contributed by atoms with Crippen molar-refractivity contribution in [1.82, 2.24) is 20.6 Å². The Bertz CT molecular complexity index is 1210. The van der Waals surface area contributed by atoms with E-state index in [0.29, 0.717) is 28.0 Å². The van der Waals surface area contributed by atoms with Gasteiger partial charge in [0.15, 0.2) is 11.2 Å². The summed E-state index contributed by atoms with van der Waals surface area (Å²) < 4.78 is 11.2. The number of nitrogens with one attached hydrogen (secondary N) is 2. The first-order chi connectivity index (χ1) is 14.0. The van der Waals surface area contributed by atoms with Crippen LogP contribution in [0.15, 0.2) is 57.7 Å². The number of carbonyl (C=O) groups excluding carboxylic acids is 1. The molecular formula is C20H17N5O4. The summed E-state index contributed by atoms with van der Waals surface area (Å²) in [5.74, 6) is 0.786. The Morgan fingerprint density at radius 1 is 1.14 bits per heavy atom. The topological polar surface area (TPSA) is 123 Å². The van der Waals surface area contributed by atoms with E-state index in [-0.39, 0.29) is 29.0 Å². The van der Waals surface area contributed by atoms with Gasteiger partial charge in [-0.2, -0.15) is 5.21 Å². The van der Waals surface area contributed by atoms with Gasteiger partial charge in [0, 0.05) is 17.3 Å². The van der Waals surface area contributed by atoms with Crippen molar-refractivity contribution in [3.63, 3.8) is 0 Å². The molecule has 0 atom stereocenters. The van der Waals surface area contributed by atoms with Crippen LogP contribution in [-0.4, -0.2) is 32.6 Å². The molecule has 2 aromatic carbocycles. The summed E-state index contributed by atoms with van der Waals surface area (Å²) in [6, 6.07) is 12.9. The van der Waals surface area contributed by atoms with Crippen LogP contribution in [0, 0.1) is 0 Å². The van der Waals surface area contributed by atoms with E-state index in [2.05, 4.69) is 25.9 Å². The van der Waals surface area contributed by atoms with Gasteiger partial charge < -0.3 is 14.5 Å². The first kappa shape index (κ1) is 18.4. The van der Waals surface area contributed by atoms with Crippen LogP contribution in [0.1, 0.15) is 24.2 Å². The number of amides is 1. The second-order valence-corrected chi connectivity index (χ2v) is 6.57. The summed E-state index contributed by atoms with van der Waals surface area (Å²) in [6.45, 7) is 3.87. The normalized spacial score (nSPS) is 11.0. The lowest BCUT2D eigenvalue weighted by Gasteiger charge is -2.10. The predicted molar refractivity (Wildman–Crippen MR) is 106 cm³/mol. The molecule has 0 saturated heterocycles. The number of H-pyrrole nitrogens is 1. The van der Waals surface area contributed by atoms with Gasteiger partial charge in [-0.3, -0.25) is 9.59 Å². The summed E-state index contributed by atoms with van der Waals surface area (Å²) in [5.41, 5.74) is 1.02. The van der Waals surface area contributed by atoms with Gasteiger partial charge in [0.2, 0.25) is 5.82 Å². The quantitative estimate of drug-likeness (QED) is 0.536. The van der Waals surface area contributed by atoms with Crippen LogP contribution < -0.4 is 15.5 Å². The number of hydrogen-bond acceptors (Lipinski definition) is 7. The summed E-state index contributed by atoms with van der Waals surface area (Å²) in [7, 11) is 0. The monoisotopic (exact) mass is 391 g/mol. The van der Waals surface area contributed by atoms with Crippen LogP contribution in [0.4, 0.5) is 5.69 Å². The first-order valence-electron chi connectivity index (χ1n) is 8.89. The molecule has 0 aliphatic carbocycles. The van der Waals surface area contributed by atoms with Crippen LogP contribution in [-0.2, 0) is 0 Å². The van der Waals surface area contributed by atoms with Crippen LogP contribution in [0.3, 0.4) is 0 Å². The SMILES string of the molecule is CC(C)Oc1ccc(C(=O)Nc2ccc3oc(-c4nn[nH]n4)cc(=O)c3c2)cc1. The van der Waals surface area contributed by atoms with Crippen molar-refractivity contribution >= 4 is 22.6 Å². The van der Waals surface area contributed by atoms with E-state index in [9.17, 15) is 9.59 Å². The molecule has 2 aromatic heterocycles. The van der Waals surface area contributed by atoms with Crippen LogP contribution in [0.5, 0.6) is 5.75 Å². The lowest BCUT2D eigenvalue weighted by Crippen LogP contribution is -2.12. The number of fused-ring (bicyclic) bond motifs is 1. The number of anilines is 1. The molecule has 2 heterocycles. The summed E-state index contributed by atoms with van der Waals surface area (Å²) >= 11 is 0. The Labute approximate surface area is 164 Å². The number of aromatic amines is 1. The van der Waals surface area contributed by atoms with E-state index < -0.39 is 0 Å². The van der Waals surface area contributed by atoms with Crippen molar-refractivity contribution in [3.05, 3.63) is 64.3 Å². The van der Waals surface area contributed by atoms with Gasteiger partial charge in [-0.15, -0.1) is 10.2 Å². The van der Waals surface area contributed by atoms with E-state index >= 15 is 0 Å². The number of tetrazole rings is 1. The maximum atomic E-state index is 12.5. The van der Waals surface area contributed by atoms with Crippen LogP contribution in [0.2, 0.25) is 0 Å². The summed E-state index contributed by atoms with van der Waals surface area (Å²) in [6.07, 6.45) is 0.0552. The average Bonchev–Trinajstić information content (AvgIpc) is 3.23. The van der Waals surface area contributed by atoms with Crippen molar-refractivity contribution < 1.29 is 13.9 Å². The van der Waals surface area contributed by atoms with Gasteiger partial charge >= 0.3 is 0 Å². The highest BCUT2D eigenvalue weighted by Crippen LogP contribution is 2.22. The van der Waals surface area contributed by atoms with E-state index in [0.717, 1.165) is 0 Å². The van der Waals surface area contributed by atoms with Crippen molar-refractivity contribution in [3.8, 4) is 17.3 Å². The van der Waals surface area contributed by atoms with Crippen LogP contribution >= 0.6 is 0 Å². The van der Waals surface area contributed by atoms with Gasteiger partial charge in [-0.05, 0) is 61.5 Å². The fourth-order valence-corrected chi connectivity index (χ4v) is 2.77. The van der Waals surface area contributed by atoms with Crippen molar-refractivity contribution in [2.75, 3.05) is 5.32 Å².